The molecule has 0 atom stereocenters. The topological polar surface area (TPSA) is 72.5 Å². The number of hydrogen-bond donors (Lipinski definition) is 1. The molecule has 0 spiro atoms. The summed E-state index contributed by atoms with van der Waals surface area (Å²) in [6, 6.07) is 13.1. The van der Waals surface area contributed by atoms with E-state index in [2.05, 4.69) is 4.72 Å². The third-order valence-electron chi connectivity index (χ3n) is 3.27. The van der Waals surface area contributed by atoms with Crippen LogP contribution < -0.4 is 9.46 Å². The van der Waals surface area contributed by atoms with E-state index in [-0.39, 0.29) is 10.7 Å². The average molecular weight is 331 g/mol. The number of ketones is 1. The second kappa shape index (κ2) is 7.21. The van der Waals surface area contributed by atoms with Crippen molar-refractivity contribution in [3.05, 3.63) is 65.7 Å². The molecule has 0 heterocycles. The average Bonchev–Trinajstić information content (AvgIpc) is 2.60. The molecule has 2 rings (SSSR count). The molecule has 2 aromatic carbocycles. The second-order valence-corrected chi connectivity index (χ2v) is 6.56. The van der Waals surface area contributed by atoms with Gasteiger partial charge in [0.05, 0.1) is 12.0 Å². The minimum absolute atomic E-state index is 0.116. The van der Waals surface area contributed by atoms with Crippen LogP contribution in [0.15, 0.2) is 59.5 Å². The zero-order chi connectivity index (χ0) is 16.9. The Balaban J connectivity index is 2.20. The van der Waals surface area contributed by atoms with Crippen LogP contribution in [-0.4, -0.2) is 28.4 Å². The Morgan fingerprint density at radius 1 is 1.09 bits per heavy atom. The van der Waals surface area contributed by atoms with Gasteiger partial charge in [0.2, 0.25) is 10.0 Å². The van der Waals surface area contributed by atoms with Crippen molar-refractivity contribution in [2.24, 2.45) is 0 Å². The van der Waals surface area contributed by atoms with Crippen LogP contribution in [0.25, 0.3) is 6.08 Å². The summed E-state index contributed by atoms with van der Waals surface area (Å²) in [6.07, 6.45) is 3.10. The Morgan fingerprint density at radius 2 is 1.74 bits per heavy atom. The summed E-state index contributed by atoms with van der Waals surface area (Å²) in [5.41, 5.74) is 1.20. The van der Waals surface area contributed by atoms with Crippen molar-refractivity contribution in [2.75, 3.05) is 14.2 Å². The molecule has 0 aliphatic heterocycles. The van der Waals surface area contributed by atoms with E-state index < -0.39 is 10.0 Å². The van der Waals surface area contributed by atoms with Gasteiger partial charge in [0, 0.05) is 11.1 Å². The Labute approximate surface area is 135 Å². The number of nitrogens with one attached hydrogen (secondary N) is 1. The highest BCUT2D eigenvalue weighted by Gasteiger charge is 2.11. The highest BCUT2D eigenvalue weighted by molar-refractivity contribution is 7.89. The van der Waals surface area contributed by atoms with Crippen LogP contribution in [-0.2, 0) is 10.0 Å². The third kappa shape index (κ3) is 4.06. The maximum absolute atomic E-state index is 12.2. The second-order valence-electron chi connectivity index (χ2n) is 4.67. The number of allylic oxidation sites excluding steroid dienone is 1. The molecule has 5 nitrogen and oxygen atoms in total. The lowest BCUT2D eigenvalue weighted by Crippen LogP contribution is -2.18. The summed E-state index contributed by atoms with van der Waals surface area (Å²) in [6.45, 7) is 0. The van der Waals surface area contributed by atoms with Gasteiger partial charge in [-0.2, -0.15) is 0 Å². The lowest BCUT2D eigenvalue weighted by molar-refractivity contribution is 0.104. The van der Waals surface area contributed by atoms with Crippen LogP contribution in [0, 0.1) is 0 Å². The van der Waals surface area contributed by atoms with Gasteiger partial charge in [0.15, 0.2) is 5.78 Å². The van der Waals surface area contributed by atoms with E-state index in [0.29, 0.717) is 11.3 Å². The molecule has 23 heavy (non-hydrogen) atoms. The molecule has 0 fully saturated rings. The molecular weight excluding hydrogens is 314 g/mol. The van der Waals surface area contributed by atoms with Gasteiger partial charge in [-0.3, -0.25) is 4.79 Å². The Kier molecular flexibility index (Phi) is 5.31. The number of benzene rings is 2. The predicted molar refractivity (Wildman–Crippen MR) is 89.0 cm³/mol. The summed E-state index contributed by atoms with van der Waals surface area (Å²) in [7, 11) is -0.598. The van der Waals surface area contributed by atoms with Crippen molar-refractivity contribution < 1.29 is 17.9 Å². The van der Waals surface area contributed by atoms with Crippen LogP contribution in [0.5, 0.6) is 5.75 Å². The molecule has 0 bridgehead atoms. The summed E-state index contributed by atoms with van der Waals surface area (Å²) in [5, 5.41) is 0. The van der Waals surface area contributed by atoms with Crippen LogP contribution in [0.2, 0.25) is 0 Å². The maximum atomic E-state index is 12.2. The SMILES string of the molecule is CNS(=O)(=O)c1ccc(C(=O)/C=C/c2ccccc2OC)cc1. The number of methoxy groups -OCH3 is 1. The molecule has 0 aliphatic carbocycles. The maximum Gasteiger partial charge on any atom is 0.240 e. The molecular formula is C17H17NO4S. The zero-order valence-corrected chi connectivity index (χ0v) is 13.6. The van der Waals surface area contributed by atoms with Crippen molar-refractivity contribution in [2.45, 2.75) is 4.90 Å². The molecule has 0 unspecified atom stereocenters. The molecule has 0 saturated carbocycles. The van der Waals surface area contributed by atoms with E-state index in [1.807, 2.05) is 24.3 Å². The fourth-order valence-corrected chi connectivity index (χ4v) is 2.71. The lowest BCUT2D eigenvalue weighted by Gasteiger charge is -2.04. The Bertz CT molecular complexity index is 824. The van der Waals surface area contributed by atoms with E-state index in [4.69, 9.17) is 4.74 Å². The van der Waals surface area contributed by atoms with Crippen molar-refractivity contribution in [3.63, 3.8) is 0 Å². The lowest BCUT2D eigenvalue weighted by atomic mass is 10.1. The van der Waals surface area contributed by atoms with Gasteiger partial charge in [-0.05, 0) is 49.5 Å². The van der Waals surface area contributed by atoms with Crippen molar-refractivity contribution in [3.8, 4) is 5.75 Å². The largest absolute Gasteiger partial charge is 0.496 e. The van der Waals surface area contributed by atoms with E-state index in [0.717, 1.165) is 5.56 Å². The predicted octanol–water partition coefficient (Wildman–Crippen LogP) is 2.50. The number of rotatable bonds is 6. The number of carbonyl (C=O) groups excluding carboxylic acids is 1. The molecule has 6 heteroatoms. The fraction of sp³-hybridized carbons (Fsp3) is 0.118. The van der Waals surface area contributed by atoms with Gasteiger partial charge in [-0.25, -0.2) is 13.1 Å². The van der Waals surface area contributed by atoms with Crippen molar-refractivity contribution >= 4 is 21.9 Å². The monoisotopic (exact) mass is 331 g/mol. The molecule has 0 amide bonds. The molecule has 0 radical (unpaired) electrons. The van der Waals surface area contributed by atoms with Crippen LogP contribution in [0.3, 0.4) is 0 Å². The first-order valence-electron chi connectivity index (χ1n) is 6.87. The van der Waals surface area contributed by atoms with Crippen LogP contribution in [0.4, 0.5) is 0 Å². The van der Waals surface area contributed by atoms with Gasteiger partial charge < -0.3 is 4.74 Å². The van der Waals surface area contributed by atoms with E-state index >= 15 is 0 Å². The van der Waals surface area contributed by atoms with Gasteiger partial charge in [0.1, 0.15) is 5.75 Å². The zero-order valence-electron chi connectivity index (χ0n) is 12.8. The van der Waals surface area contributed by atoms with Gasteiger partial charge in [0.25, 0.3) is 0 Å². The van der Waals surface area contributed by atoms with Crippen LogP contribution in [0.1, 0.15) is 15.9 Å². The summed E-state index contributed by atoms with van der Waals surface area (Å²) >= 11 is 0. The van der Waals surface area contributed by atoms with E-state index in [1.54, 1.807) is 13.2 Å². The Hall–Kier alpha value is -2.44. The summed E-state index contributed by atoms with van der Waals surface area (Å²) in [5.74, 6) is 0.455. The van der Waals surface area contributed by atoms with Gasteiger partial charge in [-0.15, -0.1) is 0 Å². The van der Waals surface area contributed by atoms with Crippen molar-refractivity contribution in [1.29, 1.82) is 0 Å². The number of ether oxygens (including phenoxy) is 1. The van der Waals surface area contributed by atoms with Gasteiger partial charge >= 0.3 is 0 Å². The molecule has 1 N–H and O–H groups in total. The first-order chi connectivity index (χ1) is 11.0. The van der Waals surface area contributed by atoms with E-state index in [9.17, 15) is 13.2 Å². The first kappa shape index (κ1) is 16.9. The summed E-state index contributed by atoms with van der Waals surface area (Å²) < 4.78 is 30.7. The highest BCUT2D eigenvalue weighted by Crippen LogP contribution is 2.19. The number of sulfonamides is 1. The highest BCUT2D eigenvalue weighted by atomic mass is 32.2. The molecule has 0 aliphatic rings. The quantitative estimate of drug-likeness (QED) is 0.652. The van der Waals surface area contributed by atoms with Crippen LogP contribution >= 0.6 is 0 Å². The van der Waals surface area contributed by atoms with Gasteiger partial charge in [-0.1, -0.05) is 18.2 Å². The summed E-state index contributed by atoms with van der Waals surface area (Å²) in [4.78, 5) is 12.3. The minimum atomic E-state index is -3.50. The standard InChI is InChI=1S/C17H17NO4S/c1-18-23(20,21)15-10-7-13(8-11-15)16(19)12-9-14-5-3-4-6-17(14)22-2/h3-12,18H,1-2H3/b12-9+. The normalized spacial score (nSPS) is 11.6. The van der Waals surface area contributed by atoms with E-state index in [1.165, 1.54) is 37.4 Å². The molecule has 0 aromatic heterocycles. The smallest absolute Gasteiger partial charge is 0.240 e. The molecule has 120 valence electrons. The first-order valence-corrected chi connectivity index (χ1v) is 8.35. The number of hydrogen-bond acceptors (Lipinski definition) is 4. The number of carbonyl (C=O) groups is 1. The molecule has 0 saturated heterocycles. The minimum Gasteiger partial charge on any atom is -0.496 e. The molecule has 2 aromatic rings. The number of para-hydroxylation sites is 1. The Morgan fingerprint density at radius 3 is 2.35 bits per heavy atom. The van der Waals surface area contributed by atoms with Crippen molar-refractivity contribution in [1.82, 2.24) is 4.72 Å². The fourth-order valence-electron chi connectivity index (χ4n) is 1.98. The third-order valence-corrected chi connectivity index (χ3v) is 4.70.